The summed E-state index contributed by atoms with van der Waals surface area (Å²) in [6.45, 7) is 8.42. The van der Waals surface area contributed by atoms with Crippen LogP contribution >= 0.6 is 0 Å². The van der Waals surface area contributed by atoms with E-state index in [0.717, 1.165) is 51.4 Å². The molecule has 0 rings (SSSR count). The van der Waals surface area contributed by atoms with Gasteiger partial charge in [0.05, 0.1) is 0 Å². The van der Waals surface area contributed by atoms with E-state index in [0.29, 0.717) is 0 Å². The van der Waals surface area contributed by atoms with Crippen LogP contribution in [0.15, 0.2) is 0 Å². The van der Waals surface area contributed by atoms with Crippen molar-refractivity contribution in [2.45, 2.75) is 79.1 Å². The number of hydrogen-bond acceptors (Lipinski definition) is 4. The maximum absolute atomic E-state index is 9.53. The van der Waals surface area contributed by atoms with Gasteiger partial charge in [0.15, 0.2) is 0 Å². The van der Waals surface area contributed by atoms with Gasteiger partial charge in [-0.3, -0.25) is 0 Å². The van der Waals surface area contributed by atoms with E-state index in [4.69, 9.17) is 0 Å². The molecule has 0 aromatic carbocycles. The maximum atomic E-state index is 9.53. The molecule has 0 aliphatic heterocycles. The zero-order valence-electron chi connectivity index (χ0n) is 15.5. The van der Waals surface area contributed by atoms with Gasteiger partial charge in [0.25, 0.3) is 0 Å². The van der Waals surface area contributed by atoms with Gasteiger partial charge in [0.2, 0.25) is 0 Å². The van der Waals surface area contributed by atoms with E-state index < -0.39 is 0 Å². The van der Waals surface area contributed by atoms with Gasteiger partial charge in [-0.25, -0.2) is 0 Å². The molecule has 0 heterocycles. The van der Waals surface area contributed by atoms with Crippen molar-refractivity contribution in [2.24, 2.45) is 0 Å². The Kier molecular flexibility index (Phi) is 101. The Labute approximate surface area is 164 Å². The molecule has 0 saturated carbocycles. The molecule has 0 aliphatic rings. The largest absolute Gasteiger partial charge is 2.00 e. The Balaban J connectivity index is -0.0000000376. The standard InChI is InChI=1S/4C4H9O.2Zn/c4*1-2-3-4-5;;/h4*2-4H2,1H3;;/q4*-1;2*+2. The van der Waals surface area contributed by atoms with Crippen LogP contribution in [0.3, 0.4) is 0 Å². The molecular weight excluding hydrogens is 387 g/mol. The summed E-state index contributed by atoms with van der Waals surface area (Å²) in [5.41, 5.74) is 0. The van der Waals surface area contributed by atoms with Crippen LogP contribution in [0.4, 0.5) is 0 Å². The van der Waals surface area contributed by atoms with Crippen molar-refractivity contribution in [2.75, 3.05) is 26.4 Å². The minimum Gasteiger partial charge on any atom is -0.854 e. The summed E-state index contributed by atoms with van der Waals surface area (Å²) in [6, 6.07) is 0. The summed E-state index contributed by atoms with van der Waals surface area (Å²) in [5, 5.41) is 38.1. The van der Waals surface area contributed by atoms with Crippen molar-refractivity contribution in [3.63, 3.8) is 0 Å². The van der Waals surface area contributed by atoms with Crippen molar-refractivity contribution >= 4 is 0 Å². The fourth-order valence-corrected chi connectivity index (χ4v) is 0.577. The van der Waals surface area contributed by atoms with Gasteiger partial charge in [-0.15, -0.1) is 26.4 Å². The summed E-state index contributed by atoms with van der Waals surface area (Å²) in [5.74, 6) is 0. The van der Waals surface area contributed by atoms with E-state index in [-0.39, 0.29) is 65.4 Å². The molecule has 0 amide bonds. The summed E-state index contributed by atoms with van der Waals surface area (Å²) in [7, 11) is 0. The molecule has 0 N–H and O–H groups in total. The Morgan fingerprint density at radius 3 is 0.545 bits per heavy atom. The average molecular weight is 423 g/mol. The predicted molar refractivity (Wildman–Crippen MR) is 79.1 cm³/mol. The summed E-state index contributed by atoms with van der Waals surface area (Å²) < 4.78 is 0. The van der Waals surface area contributed by atoms with Gasteiger partial charge in [-0.05, 0) is 0 Å². The predicted octanol–water partition coefficient (Wildman–Crippen LogP) is 0.582. The van der Waals surface area contributed by atoms with Crippen LogP contribution < -0.4 is 20.4 Å². The van der Waals surface area contributed by atoms with Crippen LogP contribution in [-0.2, 0) is 39.0 Å². The third kappa shape index (κ3) is 103. The van der Waals surface area contributed by atoms with Crippen molar-refractivity contribution in [1.29, 1.82) is 0 Å². The Morgan fingerprint density at radius 1 is 0.409 bits per heavy atom. The number of unbranched alkanes of at least 4 members (excludes halogenated alkanes) is 4. The summed E-state index contributed by atoms with van der Waals surface area (Å²) >= 11 is 0. The van der Waals surface area contributed by atoms with E-state index in [1.54, 1.807) is 0 Å². The van der Waals surface area contributed by atoms with Gasteiger partial charge >= 0.3 is 39.0 Å². The zero-order chi connectivity index (χ0) is 16.5. The molecule has 0 atom stereocenters. The Bertz CT molecular complexity index is 78.1. The van der Waals surface area contributed by atoms with Crippen molar-refractivity contribution in [1.82, 2.24) is 0 Å². The average Bonchev–Trinajstić information content (AvgIpc) is 2.44. The van der Waals surface area contributed by atoms with Gasteiger partial charge in [0, 0.05) is 0 Å². The van der Waals surface area contributed by atoms with E-state index in [1.807, 2.05) is 27.7 Å². The second kappa shape index (κ2) is 57.3. The molecule has 22 heavy (non-hydrogen) atoms. The first-order valence-corrected chi connectivity index (χ1v) is 7.98. The molecule has 0 aromatic rings. The van der Waals surface area contributed by atoms with Gasteiger partial charge in [0.1, 0.15) is 0 Å². The van der Waals surface area contributed by atoms with Crippen LogP contribution in [0.1, 0.15) is 79.1 Å². The second-order valence-corrected chi connectivity index (χ2v) is 4.23. The fourth-order valence-electron chi connectivity index (χ4n) is 0.577. The van der Waals surface area contributed by atoms with E-state index >= 15 is 0 Å². The Morgan fingerprint density at radius 2 is 0.545 bits per heavy atom. The van der Waals surface area contributed by atoms with Crippen LogP contribution in [0, 0.1) is 0 Å². The molecule has 0 unspecified atom stereocenters. The van der Waals surface area contributed by atoms with E-state index in [9.17, 15) is 20.4 Å². The second-order valence-electron chi connectivity index (χ2n) is 4.23. The third-order valence-electron chi connectivity index (χ3n) is 1.99. The topological polar surface area (TPSA) is 92.2 Å². The Hall–Kier alpha value is 1.09. The molecule has 0 aliphatic carbocycles. The van der Waals surface area contributed by atoms with Gasteiger partial charge in [-0.2, -0.15) is 0 Å². The third-order valence-corrected chi connectivity index (χ3v) is 1.99. The fraction of sp³-hybridized carbons (Fsp3) is 1.00. The van der Waals surface area contributed by atoms with Crippen LogP contribution in [0.5, 0.6) is 0 Å². The first-order chi connectivity index (χ1) is 9.66. The summed E-state index contributed by atoms with van der Waals surface area (Å²) in [4.78, 5) is 0. The number of rotatable bonds is 8. The van der Waals surface area contributed by atoms with Crippen molar-refractivity contribution in [3.05, 3.63) is 0 Å². The summed E-state index contributed by atoms with van der Waals surface area (Å²) in [6.07, 6.45) is 7.46. The van der Waals surface area contributed by atoms with E-state index in [2.05, 4.69) is 0 Å². The zero-order valence-corrected chi connectivity index (χ0v) is 21.5. The number of hydrogen-bond donors (Lipinski definition) is 0. The first kappa shape index (κ1) is 38.6. The minimum atomic E-state index is 0. The molecule has 0 spiro atoms. The smallest absolute Gasteiger partial charge is 0.854 e. The molecule has 6 heteroatoms. The molecular formula is C16H36O4Zn2. The van der Waals surface area contributed by atoms with Gasteiger partial charge < -0.3 is 20.4 Å². The quantitative estimate of drug-likeness (QED) is 0.534. The minimum absolute atomic E-state index is 0. The molecule has 0 bridgehead atoms. The van der Waals surface area contributed by atoms with Gasteiger partial charge in [-0.1, -0.05) is 79.1 Å². The molecule has 128 valence electrons. The van der Waals surface area contributed by atoms with Crippen LogP contribution in [0.25, 0.3) is 0 Å². The monoisotopic (exact) mass is 420 g/mol. The van der Waals surface area contributed by atoms with Crippen LogP contribution in [0.2, 0.25) is 0 Å². The normalized spacial score (nSPS) is 7.64. The molecule has 0 fully saturated rings. The van der Waals surface area contributed by atoms with Crippen LogP contribution in [-0.4, -0.2) is 26.4 Å². The first-order valence-electron chi connectivity index (χ1n) is 7.98. The molecule has 0 aromatic heterocycles. The maximum Gasteiger partial charge on any atom is 2.00 e. The molecule has 4 nitrogen and oxygen atoms in total. The van der Waals surface area contributed by atoms with Crippen molar-refractivity contribution < 1.29 is 59.4 Å². The SMILES string of the molecule is CCCC[O-].CCCC[O-].CCCC[O-].CCCC[O-].[Zn+2].[Zn+2]. The van der Waals surface area contributed by atoms with E-state index in [1.165, 1.54) is 0 Å². The molecule has 0 radical (unpaired) electrons. The van der Waals surface area contributed by atoms with Crippen molar-refractivity contribution in [3.8, 4) is 0 Å². The molecule has 0 saturated heterocycles.